The predicted molar refractivity (Wildman–Crippen MR) is 130 cm³/mol. The van der Waals surface area contributed by atoms with Gasteiger partial charge in [0.1, 0.15) is 12.6 Å². The molecule has 3 aromatic carbocycles. The molecule has 6 heteroatoms. The minimum Gasteiger partial charge on any atom is -0.457 e. The maximum Gasteiger partial charge on any atom is 0.340 e. The van der Waals surface area contributed by atoms with Gasteiger partial charge in [-0.05, 0) is 30.4 Å². The Balaban J connectivity index is 1.81. The van der Waals surface area contributed by atoms with E-state index >= 15 is 0 Å². The van der Waals surface area contributed by atoms with E-state index < -0.39 is 18.1 Å². The molecule has 0 aliphatic carbocycles. The third-order valence-electron chi connectivity index (χ3n) is 5.42. The fourth-order valence-corrected chi connectivity index (χ4v) is 3.55. The summed E-state index contributed by atoms with van der Waals surface area (Å²) in [5.74, 6) is -0.822. The largest absolute Gasteiger partial charge is 0.457 e. The van der Waals surface area contributed by atoms with E-state index in [0.717, 1.165) is 29.2 Å². The Morgan fingerprint density at radius 3 is 2.45 bits per heavy atom. The molecule has 6 nitrogen and oxygen atoms in total. The molecule has 3 rings (SSSR count). The number of rotatable bonds is 11. The van der Waals surface area contributed by atoms with Gasteiger partial charge >= 0.3 is 5.97 Å². The van der Waals surface area contributed by atoms with E-state index in [2.05, 4.69) is 10.6 Å². The summed E-state index contributed by atoms with van der Waals surface area (Å²) in [4.78, 5) is 36.9. The molecule has 171 valence electrons. The summed E-state index contributed by atoms with van der Waals surface area (Å²) in [6.45, 7) is 3.86. The van der Waals surface area contributed by atoms with Crippen LogP contribution in [0, 0.1) is 0 Å². The molecular weight excluding hydrogens is 416 g/mol. The average molecular weight is 446 g/mol. The highest BCUT2D eigenvalue weighted by atomic mass is 16.5. The van der Waals surface area contributed by atoms with E-state index in [-0.39, 0.29) is 12.5 Å². The van der Waals surface area contributed by atoms with Crippen LogP contribution < -0.4 is 10.6 Å². The molecular formula is C27H29N2O4. The first-order valence-electron chi connectivity index (χ1n) is 11.2. The lowest BCUT2D eigenvalue weighted by molar-refractivity contribution is -0.121. The van der Waals surface area contributed by atoms with Gasteiger partial charge in [0.25, 0.3) is 0 Å². The molecule has 3 aromatic rings. The van der Waals surface area contributed by atoms with Crippen LogP contribution in [0.25, 0.3) is 10.8 Å². The van der Waals surface area contributed by atoms with Crippen molar-refractivity contribution in [3.05, 3.63) is 77.9 Å². The van der Waals surface area contributed by atoms with Crippen LogP contribution in [0.4, 0.5) is 5.69 Å². The molecule has 0 bridgehead atoms. The Bertz CT molecular complexity index is 1100. The fraction of sp³-hybridized carbons (Fsp3) is 0.296. The molecule has 0 saturated carbocycles. The Labute approximate surface area is 194 Å². The predicted octanol–water partition coefficient (Wildman–Crippen LogP) is 4.78. The van der Waals surface area contributed by atoms with Crippen LogP contribution in [-0.2, 0) is 20.9 Å². The standard InChI is InChI=1S/C27H29N2O4/c1-3-4-13-22(17-30)29-26(31)19(2)28-25-23-14-9-8-12-21(23)15-16-24(25)27(32)33-18-20-10-6-5-7-11-20/h5-12,14-16,19,22,28H,3-4,13,18H2,1-2H3,(H,29,31). The Morgan fingerprint density at radius 1 is 1.00 bits per heavy atom. The Morgan fingerprint density at radius 2 is 1.73 bits per heavy atom. The van der Waals surface area contributed by atoms with Crippen LogP contribution in [0.5, 0.6) is 0 Å². The minimum atomic E-state index is -0.686. The summed E-state index contributed by atoms with van der Waals surface area (Å²) in [6, 6.07) is 19.3. The summed E-state index contributed by atoms with van der Waals surface area (Å²) in [5, 5.41) is 7.63. The molecule has 2 atom stereocenters. The first-order chi connectivity index (χ1) is 16.0. The lowest BCUT2D eigenvalue weighted by Gasteiger charge is -2.21. The highest BCUT2D eigenvalue weighted by molar-refractivity contribution is 6.07. The van der Waals surface area contributed by atoms with Crippen LogP contribution >= 0.6 is 0 Å². The van der Waals surface area contributed by atoms with Crippen molar-refractivity contribution in [3.8, 4) is 0 Å². The topological polar surface area (TPSA) is 84.5 Å². The van der Waals surface area contributed by atoms with E-state index in [1.54, 1.807) is 13.0 Å². The third-order valence-corrected chi connectivity index (χ3v) is 5.42. The van der Waals surface area contributed by atoms with Gasteiger partial charge in [-0.3, -0.25) is 9.59 Å². The van der Waals surface area contributed by atoms with Crippen LogP contribution in [0.1, 0.15) is 49.0 Å². The van der Waals surface area contributed by atoms with Gasteiger partial charge in [-0.1, -0.05) is 80.4 Å². The molecule has 0 aromatic heterocycles. The SMILES string of the molecule is CCCCC([C]=O)NC(=O)C(C)Nc1c(C(=O)OCc2ccccc2)ccc2ccccc12. The van der Waals surface area contributed by atoms with Crippen molar-refractivity contribution in [2.45, 2.75) is 51.8 Å². The normalized spacial score (nSPS) is 12.5. The van der Waals surface area contributed by atoms with Crippen molar-refractivity contribution in [2.75, 3.05) is 5.32 Å². The second kappa shape index (κ2) is 11.8. The van der Waals surface area contributed by atoms with E-state index in [4.69, 9.17) is 4.74 Å². The van der Waals surface area contributed by atoms with Crippen molar-refractivity contribution >= 4 is 34.6 Å². The summed E-state index contributed by atoms with van der Waals surface area (Å²) >= 11 is 0. The van der Waals surface area contributed by atoms with Crippen molar-refractivity contribution in [3.63, 3.8) is 0 Å². The molecule has 0 aliphatic heterocycles. The molecule has 1 amide bonds. The van der Waals surface area contributed by atoms with Gasteiger partial charge in [0.15, 0.2) is 0 Å². The Hall–Kier alpha value is -3.67. The van der Waals surface area contributed by atoms with E-state index in [1.807, 2.05) is 73.9 Å². The monoisotopic (exact) mass is 445 g/mol. The zero-order chi connectivity index (χ0) is 23.6. The van der Waals surface area contributed by atoms with Crippen LogP contribution in [0.15, 0.2) is 66.7 Å². The zero-order valence-corrected chi connectivity index (χ0v) is 19.0. The maximum absolute atomic E-state index is 13.0. The molecule has 33 heavy (non-hydrogen) atoms. The van der Waals surface area contributed by atoms with Crippen molar-refractivity contribution in [1.82, 2.24) is 5.32 Å². The molecule has 0 aliphatic rings. The first-order valence-corrected chi connectivity index (χ1v) is 11.2. The lowest BCUT2D eigenvalue weighted by atomic mass is 10.0. The molecule has 0 heterocycles. The van der Waals surface area contributed by atoms with Gasteiger partial charge in [-0.25, -0.2) is 4.79 Å². The van der Waals surface area contributed by atoms with Gasteiger partial charge in [0.2, 0.25) is 12.2 Å². The fourth-order valence-electron chi connectivity index (χ4n) is 3.55. The molecule has 1 radical (unpaired) electrons. The molecule has 0 saturated heterocycles. The maximum atomic E-state index is 13.0. The summed E-state index contributed by atoms with van der Waals surface area (Å²) in [6.07, 6.45) is 4.18. The first kappa shape index (κ1) is 24.0. The number of anilines is 1. The summed E-state index contributed by atoms with van der Waals surface area (Å²) in [7, 11) is 0. The second-order valence-corrected chi connectivity index (χ2v) is 7.96. The quantitative estimate of drug-likeness (QED) is 0.415. The van der Waals surface area contributed by atoms with Gasteiger partial charge in [0.05, 0.1) is 17.3 Å². The number of esters is 1. The van der Waals surface area contributed by atoms with Crippen LogP contribution in [0.3, 0.4) is 0 Å². The lowest BCUT2D eigenvalue weighted by Crippen LogP contribution is -2.44. The van der Waals surface area contributed by atoms with Gasteiger partial charge in [-0.2, -0.15) is 0 Å². The van der Waals surface area contributed by atoms with Gasteiger partial charge in [-0.15, -0.1) is 0 Å². The zero-order valence-electron chi connectivity index (χ0n) is 19.0. The van der Waals surface area contributed by atoms with Crippen LogP contribution in [-0.4, -0.2) is 30.2 Å². The van der Waals surface area contributed by atoms with Crippen molar-refractivity contribution in [2.24, 2.45) is 0 Å². The second-order valence-electron chi connectivity index (χ2n) is 7.96. The number of nitrogens with one attached hydrogen (secondary N) is 2. The van der Waals surface area contributed by atoms with E-state index in [0.29, 0.717) is 17.7 Å². The highest BCUT2D eigenvalue weighted by Gasteiger charge is 2.22. The Kier molecular flexibility index (Phi) is 8.58. The highest BCUT2D eigenvalue weighted by Crippen LogP contribution is 2.29. The summed E-state index contributed by atoms with van der Waals surface area (Å²) < 4.78 is 5.54. The number of ether oxygens (including phenoxy) is 1. The average Bonchev–Trinajstić information content (AvgIpc) is 2.85. The number of unbranched alkanes of at least 4 members (excludes halogenated alkanes) is 1. The van der Waals surface area contributed by atoms with Gasteiger partial charge in [0, 0.05) is 5.39 Å². The number of carbonyl (C=O) groups excluding carboxylic acids is 3. The van der Waals surface area contributed by atoms with Crippen molar-refractivity contribution < 1.29 is 19.1 Å². The third kappa shape index (κ3) is 6.42. The van der Waals surface area contributed by atoms with E-state index in [1.165, 1.54) is 0 Å². The number of amides is 1. The van der Waals surface area contributed by atoms with Gasteiger partial charge < -0.3 is 15.4 Å². The van der Waals surface area contributed by atoms with Crippen molar-refractivity contribution in [1.29, 1.82) is 0 Å². The molecule has 0 fully saturated rings. The number of hydrogen-bond acceptors (Lipinski definition) is 5. The summed E-state index contributed by atoms with van der Waals surface area (Å²) in [5.41, 5.74) is 1.75. The van der Waals surface area contributed by atoms with Crippen LogP contribution in [0.2, 0.25) is 0 Å². The molecule has 2 unspecified atom stereocenters. The number of fused-ring (bicyclic) bond motifs is 1. The minimum absolute atomic E-state index is 0.149. The molecule has 2 N–H and O–H groups in total. The van der Waals surface area contributed by atoms with E-state index in [9.17, 15) is 14.4 Å². The number of hydrogen-bond donors (Lipinski definition) is 2. The number of benzene rings is 3. The smallest absolute Gasteiger partial charge is 0.340 e. The number of carbonyl (C=O) groups is 2. The molecule has 0 spiro atoms.